The van der Waals surface area contributed by atoms with Crippen molar-refractivity contribution in [2.45, 2.75) is 50.3 Å². The predicted molar refractivity (Wildman–Crippen MR) is 90.6 cm³/mol. The first-order chi connectivity index (χ1) is 10.3. The van der Waals surface area contributed by atoms with Crippen LogP contribution in [0.3, 0.4) is 0 Å². The molecule has 1 saturated heterocycles. The van der Waals surface area contributed by atoms with E-state index in [0.29, 0.717) is 11.4 Å². The molecular formula is C17H28N2O2S. The van der Waals surface area contributed by atoms with Crippen molar-refractivity contribution in [1.82, 2.24) is 9.62 Å². The average Bonchev–Trinajstić information content (AvgIpc) is 2.47. The minimum absolute atomic E-state index is 0.0317. The molecule has 0 radical (unpaired) electrons. The summed E-state index contributed by atoms with van der Waals surface area (Å²) in [6, 6.07) is 7.20. The summed E-state index contributed by atoms with van der Waals surface area (Å²) in [6.07, 6.45) is 3.74. The lowest BCUT2D eigenvalue weighted by Gasteiger charge is -2.26. The van der Waals surface area contributed by atoms with Crippen LogP contribution in [0.15, 0.2) is 29.2 Å². The van der Waals surface area contributed by atoms with Crippen molar-refractivity contribution in [2.75, 3.05) is 26.2 Å². The van der Waals surface area contributed by atoms with Crippen LogP contribution in [0, 0.1) is 0 Å². The van der Waals surface area contributed by atoms with E-state index < -0.39 is 10.0 Å². The van der Waals surface area contributed by atoms with Crippen LogP contribution in [0.5, 0.6) is 0 Å². The Hall–Kier alpha value is -0.910. The monoisotopic (exact) mass is 324 g/mol. The van der Waals surface area contributed by atoms with E-state index in [1.54, 1.807) is 12.1 Å². The summed E-state index contributed by atoms with van der Waals surface area (Å²) >= 11 is 0. The Labute approximate surface area is 135 Å². The number of sulfonamides is 1. The van der Waals surface area contributed by atoms with Crippen LogP contribution in [0.4, 0.5) is 0 Å². The highest BCUT2D eigenvalue weighted by Crippen LogP contribution is 2.23. The Morgan fingerprint density at radius 3 is 2.18 bits per heavy atom. The number of piperidine rings is 1. The topological polar surface area (TPSA) is 49.4 Å². The molecule has 4 nitrogen and oxygen atoms in total. The molecule has 1 fully saturated rings. The van der Waals surface area contributed by atoms with Gasteiger partial charge in [0.25, 0.3) is 0 Å². The number of likely N-dealkylation sites (tertiary alicyclic amines) is 1. The van der Waals surface area contributed by atoms with Crippen molar-refractivity contribution >= 4 is 10.0 Å². The van der Waals surface area contributed by atoms with Gasteiger partial charge in [-0.25, -0.2) is 13.1 Å². The molecule has 1 N–H and O–H groups in total. The van der Waals surface area contributed by atoms with Gasteiger partial charge in [0, 0.05) is 13.1 Å². The summed E-state index contributed by atoms with van der Waals surface area (Å²) in [4.78, 5) is 2.67. The van der Waals surface area contributed by atoms with E-state index in [2.05, 4.69) is 30.4 Å². The van der Waals surface area contributed by atoms with Gasteiger partial charge < -0.3 is 4.90 Å². The van der Waals surface area contributed by atoms with Gasteiger partial charge in [-0.2, -0.15) is 0 Å². The Balaban J connectivity index is 1.92. The molecule has 1 aromatic carbocycles. The van der Waals surface area contributed by atoms with E-state index in [1.807, 2.05) is 12.1 Å². The number of rotatable bonds is 5. The van der Waals surface area contributed by atoms with Crippen molar-refractivity contribution in [1.29, 1.82) is 0 Å². The normalized spacial score (nSPS) is 17.6. The van der Waals surface area contributed by atoms with Gasteiger partial charge in [-0.1, -0.05) is 39.3 Å². The molecule has 0 amide bonds. The third-order valence-electron chi connectivity index (χ3n) is 4.20. The minimum atomic E-state index is -3.40. The van der Waals surface area contributed by atoms with Crippen LogP contribution in [0.25, 0.3) is 0 Å². The lowest BCUT2D eigenvalue weighted by atomic mass is 9.87. The zero-order valence-corrected chi connectivity index (χ0v) is 14.7. The molecule has 1 aliphatic heterocycles. The van der Waals surface area contributed by atoms with Crippen molar-refractivity contribution in [3.8, 4) is 0 Å². The van der Waals surface area contributed by atoms with Crippen molar-refractivity contribution in [3.05, 3.63) is 29.8 Å². The summed E-state index contributed by atoms with van der Waals surface area (Å²) in [6.45, 7) is 9.79. The summed E-state index contributed by atoms with van der Waals surface area (Å²) < 4.78 is 27.3. The molecule has 1 aromatic rings. The third kappa shape index (κ3) is 4.80. The fraction of sp³-hybridized carbons (Fsp3) is 0.647. The van der Waals surface area contributed by atoms with Gasteiger partial charge in [0.1, 0.15) is 0 Å². The quantitative estimate of drug-likeness (QED) is 0.906. The van der Waals surface area contributed by atoms with Gasteiger partial charge in [0.2, 0.25) is 10.0 Å². The van der Waals surface area contributed by atoms with E-state index in [0.717, 1.165) is 25.2 Å². The highest BCUT2D eigenvalue weighted by Gasteiger charge is 2.18. The van der Waals surface area contributed by atoms with Crippen LogP contribution in [0.1, 0.15) is 45.6 Å². The molecule has 1 heterocycles. The fourth-order valence-electron chi connectivity index (χ4n) is 2.74. The second-order valence-corrected chi connectivity index (χ2v) is 8.84. The van der Waals surface area contributed by atoms with Crippen molar-refractivity contribution in [3.63, 3.8) is 0 Å². The SMILES string of the molecule is CC(C)(C)c1ccc(S(=O)(=O)NCCN2CCCCC2)cc1. The number of nitrogens with zero attached hydrogens (tertiary/aromatic N) is 1. The van der Waals surface area contributed by atoms with Gasteiger partial charge in [-0.05, 0) is 49.0 Å². The van der Waals surface area contributed by atoms with E-state index in [1.165, 1.54) is 19.3 Å². The molecule has 0 spiro atoms. The van der Waals surface area contributed by atoms with Crippen LogP contribution < -0.4 is 4.72 Å². The predicted octanol–water partition coefficient (Wildman–Crippen LogP) is 2.75. The minimum Gasteiger partial charge on any atom is -0.302 e. The zero-order chi connectivity index (χ0) is 16.2. The van der Waals surface area contributed by atoms with Crippen LogP contribution in [-0.4, -0.2) is 39.5 Å². The molecule has 0 atom stereocenters. The molecule has 0 bridgehead atoms. The lowest BCUT2D eigenvalue weighted by Crippen LogP contribution is -2.37. The summed E-state index contributed by atoms with van der Waals surface area (Å²) in [5.74, 6) is 0. The highest BCUT2D eigenvalue weighted by atomic mass is 32.2. The summed E-state index contributed by atoms with van der Waals surface area (Å²) in [7, 11) is -3.40. The summed E-state index contributed by atoms with van der Waals surface area (Å²) in [5, 5.41) is 0. The van der Waals surface area contributed by atoms with Gasteiger partial charge in [-0.15, -0.1) is 0 Å². The zero-order valence-electron chi connectivity index (χ0n) is 13.9. The first kappa shape index (κ1) is 17.4. The van der Waals surface area contributed by atoms with Gasteiger partial charge >= 0.3 is 0 Å². The Bertz CT molecular complexity index is 568. The molecule has 0 unspecified atom stereocenters. The van der Waals surface area contributed by atoms with Crippen LogP contribution >= 0.6 is 0 Å². The lowest BCUT2D eigenvalue weighted by molar-refractivity contribution is 0.233. The van der Waals surface area contributed by atoms with Gasteiger partial charge in [-0.3, -0.25) is 0 Å². The molecule has 124 valence electrons. The molecule has 0 saturated carbocycles. The maximum atomic E-state index is 12.3. The van der Waals surface area contributed by atoms with E-state index >= 15 is 0 Å². The second kappa shape index (κ2) is 7.11. The number of hydrogen-bond donors (Lipinski definition) is 1. The third-order valence-corrected chi connectivity index (χ3v) is 5.68. The molecule has 1 aliphatic rings. The largest absolute Gasteiger partial charge is 0.302 e. The number of hydrogen-bond acceptors (Lipinski definition) is 3. The molecular weight excluding hydrogens is 296 g/mol. The highest BCUT2D eigenvalue weighted by molar-refractivity contribution is 7.89. The standard InChI is InChI=1S/C17H28N2O2S/c1-17(2,3)15-7-9-16(10-8-15)22(20,21)18-11-14-19-12-5-4-6-13-19/h7-10,18H,4-6,11-14H2,1-3H3. The maximum Gasteiger partial charge on any atom is 0.240 e. The van der Waals surface area contributed by atoms with Gasteiger partial charge in [0.15, 0.2) is 0 Å². The van der Waals surface area contributed by atoms with Gasteiger partial charge in [0.05, 0.1) is 4.90 Å². The average molecular weight is 324 g/mol. The summed E-state index contributed by atoms with van der Waals surface area (Å²) in [5.41, 5.74) is 1.17. The van der Waals surface area contributed by atoms with E-state index in [-0.39, 0.29) is 5.41 Å². The van der Waals surface area contributed by atoms with E-state index in [9.17, 15) is 8.42 Å². The first-order valence-corrected chi connectivity index (χ1v) is 9.60. The first-order valence-electron chi connectivity index (χ1n) is 8.12. The molecule has 0 aromatic heterocycles. The van der Waals surface area contributed by atoms with Crippen LogP contribution in [0.2, 0.25) is 0 Å². The maximum absolute atomic E-state index is 12.3. The van der Waals surface area contributed by atoms with E-state index in [4.69, 9.17) is 0 Å². The fourth-order valence-corrected chi connectivity index (χ4v) is 3.76. The Kier molecular flexibility index (Phi) is 5.64. The Morgan fingerprint density at radius 2 is 1.64 bits per heavy atom. The second-order valence-electron chi connectivity index (χ2n) is 7.07. The molecule has 2 rings (SSSR count). The number of benzene rings is 1. The Morgan fingerprint density at radius 1 is 1.05 bits per heavy atom. The van der Waals surface area contributed by atoms with Crippen LogP contribution in [-0.2, 0) is 15.4 Å². The van der Waals surface area contributed by atoms with Crippen molar-refractivity contribution < 1.29 is 8.42 Å². The number of nitrogens with one attached hydrogen (secondary N) is 1. The molecule has 0 aliphatic carbocycles. The molecule has 5 heteroatoms. The smallest absolute Gasteiger partial charge is 0.240 e. The molecule has 22 heavy (non-hydrogen) atoms. The van der Waals surface area contributed by atoms with Crippen molar-refractivity contribution in [2.24, 2.45) is 0 Å².